The van der Waals surface area contributed by atoms with E-state index < -0.39 is 17.6 Å². The van der Waals surface area contributed by atoms with E-state index in [1.165, 1.54) is 34.1 Å². The Morgan fingerprint density at radius 2 is 1.88 bits per heavy atom. The molecule has 0 spiro atoms. The van der Waals surface area contributed by atoms with Gasteiger partial charge in [0.05, 0.1) is 28.2 Å². The van der Waals surface area contributed by atoms with Gasteiger partial charge in [0.1, 0.15) is 4.70 Å². The molecule has 2 aromatic carbocycles. The number of alkyl halides is 3. The Morgan fingerprint density at radius 1 is 1.12 bits per heavy atom. The molecule has 0 aliphatic rings. The average Bonchev–Trinajstić information content (AvgIpc) is 3.23. The summed E-state index contributed by atoms with van der Waals surface area (Å²) in [5, 5.41) is 4.38. The van der Waals surface area contributed by atoms with Gasteiger partial charge in [0.25, 0.3) is 5.56 Å². The lowest BCUT2D eigenvalue weighted by atomic mass is 10.1. The number of nitrogens with one attached hydrogen (secondary N) is 1. The van der Waals surface area contributed by atoms with Crippen molar-refractivity contribution in [2.45, 2.75) is 25.2 Å². The topological polar surface area (TPSA) is 64.0 Å². The van der Waals surface area contributed by atoms with Gasteiger partial charge in [-0.25, -0.2) is 4.98 Å². The third kappa shape index (κ3) is 4.67. The molecule has 170 valence electrons. The number of para-hydroxylation sites is 1. The van der Waals surface area contributed by atoms with Gasteiger partial charge in [-0.15, -0.1) is 11.3 Å². The largest absolute Gasteiger partial charge is 0.418 e. The van der Waals surface area contributed by atoms with E-state index in [0.29, 0.717) is 21.1 Å². The lowest BCUT2D eigenvalue weighted by Crippen LogP contribution is -2.23. The number of nitrogens with zero attached hydrogens (tertiary/aromatic N) is 2. The molecule has 0 bridgehead atoms. The number of hydrogen-bond acceptors (Lipinski definition) is 5. The maximum atomic E-state index is 13.3. The number of aryl methyl sites for hydroxylation is 1. The molecule has 4 aromatic rings. The molecule has 0 saturated carbocycles. The molecule has 1 amide bonds. The van der Waals surface area contributed by atoms with Gasteiger partial charge in [-0.05, 0) is 54.6 Å². The molecule has 1 N–H and O–H groups in total. The monoisotopic (exact) mass is 489 g/mol. The molecule has 0 aliphatic heterocycles. The minimum absolute atomic E-state index is 0.223. The first-order chi connectivity index (χ1) is 15.7. The van der Waals surface area contributed by atoms with Gasteiger partial charge in [0, 0.05) is 0 Å². The average molecular weight is 490 g/mol. The number of amides is 1. The Balaban J connectivity index is 1.67. The first kappa shape index (κ1) is 23.1. The van der Waals surface area contributed by atoms with E-state index in [9.17, 15) is 22.8 Å². The SMILES string of the molecule is Cc1cccc(-n2c(SCC(=O)Nc3ccccc3C(F)(F)F)nc3ccsc3c2=O)c1C. The van der Waals surface area contributed by atoms with Crippen LogP contribution in [0, 0.1) is 13.8 Å². The second kappa shape index (κ2) is 9.03. The van der Waals surface area contributed by atoms with Crippen molar-refractivity contribution in [1.29, 1.82) is 0 Å². The minimum atomic E-state index is -4.59. The van der Waals surface area contributed by atoms with E-state index in [4.69, 9.17) is 0 Å². The van der Waals surface area contributed by atoms with E-state index in [1.807, 2.05) is 26.0 Å². The molecule has 0 unspecified atom stereocenters. The Bertz CT molecular complexity index is 1410. The van der Waals surface area contributed by atoms with Crippen LogP contribution >= 0.6 is 23.1 Å². The second-order valence-electron chi connectivity index (χ2n) is 7.27. The normalized spacial score (nSPS) is 11.7. The number of hydrogen-bond donors (Lipinski definition) is 1. The zero-order valence-corrected chi connectivity index (χ0v) is 19.2. The van der Waals surface area contributed by atoms with E-state index >= 15 is 0 Å². The Morgan fingerprint density at radius 3 is 2.64 bits per heavy atom. The van der Waals surface area contributed by atoms with Gasteiger partial charge in [-0.1, -0.05) is 36.0 Å². The van der Waals surface area contributed by atoms with Crippen LogP contribution in [-0.4, -0.2) is 21.2 Å². The van der Waals surface area contributed by atoms with Crippen molar-refractivity contribution in [3.05, 3.63) is 81.0 Å². The van der Waals surface area contributed by atoms with E-state index in [-0.39, 0.29) is 17.0 Å². The molecule has 2 aromatic heterocycles. The molecule has 5 nitrogen and oxygen atoms in total. The van der Waals surface area contributed by atoms with Crippen molar-refractivity contribution in [1.82, 2.24) is 9.55 Å². The highest BCUT2D eigenvalue weighted by Gasteiger charge is 2.33. The van der Waals surface area contributed by atoms with E-state index in [1.54, 1.807) is 17.5 Å². The van der Waals surface area contributed by atoms with Gasteiger partial charge in [-0.2, -0.15) is 13.2 Å². The highest BCUT2D eigenvalue weighted by molar-refractivity contribution is 7.99. The summed E-state index contributed by atoms with van der Waals surface area (Å²) in [6, 6.07) is 12.1. The predicted octanol–water partition coefficient (Wildman–Crippen LogP) is 5.81. The van der Waals surface area contributed by atoms with Crippen LogP contribution in [0.3, 0.4) is 0 Å². The fourth-order valence-electron chi connectivity index (χ4n) is 3.33. The number of halogens is 3. The summed E-state index contributed by atoms with van der Waals surface area (Å²) in [4.78, 5) is 30.3. The number of carbonyl (C=O) groups is 1. The van der Waals surface area contributed by atoms with Gasteiger partial charge < -0.3 is 5.32 Å². The lowest BCUT2D eigenvalue weighted by Gasteiger charge is -2.16. The molecule has 0 radical (unpaired) electrons. The van der Waals surface area contributed by atoms with Crippen LogP contribution < -0.4 is 10.9 Å². The van der Waals surface area contributed by atoms with Gasteiger partial charge in [-0.3, -0.25) is 14.2 Å². The van der Waals surface area contributed by atoms with Crippen LogP contribution in [0.4, 0.5) is 18.9 Å². The fourth-order valence-corrected chi connectivity index (χ4v) is 4.90. The zero-order chi connectivity index (χ0) is 23.8. The summed E-state index contributed by atoms with van der Waals surface area (Å²) in [6.45, 7) is 3.82. The summed E-state index contributed by atoms with van der Waals surface area (Å²) in [6.07, 6.45) is -4.59. The van der Waals surface area contributed by atoms with Crippen LogP contribution in [0.5, 0.6) is 0 Å². The number of aromatic nitrogens is 2. The lowest BCUT2D eigenvalue weighted by molar-refractivity contribution is -0.137. The van der Waals surface area contributed by atoms with E-state index in [2.05, 4.69) is 10.3 Å². The van der Waals surface area contributed by atoms with Gasteiger partial charge in [0.2, 0.25) is 5.91 Å². The Kier molecular flexibility index (Phi) is 6.31. The zero-order valence-electron chi connectivity index (χ0n) is 17.6. The molecule has 0 atom stereocenters. The van der Waals surface area contributed by atoms with Crippen molar-refractivity contribution >= 4 is 44.9 Å². The summed E-state index contributed by atoms with van der Waals surface area (Å²) in [5.74, 6) is -0.858. The second-order valence-corrected chi connectivity index (χ2v) is 9.13. The number of benzene rings is 2. The number of rotatable bonds is 5. The molecule has 10 heteroatoms. The third-order valence-electron chi connectivity index (χ3n) is 5.11. The maximum absolute atomic E-state index is 13.3. The molecule has 33 heavy (non-hydrogen) atoms. The molecule has 0 saturated heterocycles. The number of thioether (sulfide) groups is 1. The third-order valence-corrected chi connectivity index (χ3v) is 6.94. The first-order valence-electron chi connectivity index (χ1n) is 9.82. The number of fused-ring (bicyclic) bond motifs is 1. The van der Waals surface area contributed by atoms with Crippen LogP contribution in [-0.2, 0) is 11.0 Å². The molecular formula is C23H18F3N3O2S2. The molecule has 2 heterocycles. The van der Waals surface area contributed by atoms with Crippen LogP contribution in [0.1, 0.15) is 16.7 Å². The van der Waals surface area contributed by atoms with Crippen molar-refractivity contribution in [2.75, 3.05) is 11.1 Å². The maximum Gasteiger partial charge on any atom is 0.418 e. The molecule has 0 fully saturated rings. The number of carbonyl (C=O) groups excluding carboxylic acids is 1. The van der Waals surface area contributed by atoms with Crippen LogP contribution in [0.2, 0.25) is 0 Å². The smallest absolute Gasteiger partial charge is 0.325 e. The van der Waals surface area contributed by atoms with Crippen molar-refractivity contribution < 1.29 is 18.0 Å². The molecule has 0 aliphatic carbocycles. The predicted molar refractivity (Wildman–Crippen MR) is 125 cm³/mol. The summed E-state index contributed by atoms with van der Waals surface area (Å²) < 4.78 is 41.6. The number of thiophene rings is 1. The van der Waals surface area contributed by atoms with Crippen LogP contribution in [0.15, 0.2) is 63.9 Å². The Labute approximate surface area is 195 Å². The highest BCUT2D eigenvalue weighted by Crippen LogP contribution is 2.34. The molecular weight excluding hydrogens is 471 g/mol. The Hall–Kier alpha value is -3.11. The van der Waals surface area contributed by atoms with E-state index in [0.717, 1.165) is 29.0 Å². The summed E-state index contributed by atoms with van der Waals surface area (Å²) in [5.41, 5.74) is 1.54. The standard InChI is InChI=1S/C23H18F3N3O2S2/c1-13-6-5-9-18(14(13)2)29-21(31)20-17(10-11-32-20)28-22(29)33-12-19(30)27-16-8-4-3-7-15(16)23(24,25)26/h3-11H,12H2,1-2H3,(H,27,30). The number of anilines is 1. The first-order valence-corrected chi connectivity index (χ1v) is 11.7. The highest BCUT2D eigenvalue weighted by atomic mass is 32.2. The van der Waals surface area contributed by atoms with Crippen molar-refractivity contribution in [2.24, 2.45) is 0 Å². The van der Waals surface area contributed by atoms with Crippen molar-refractivity contribution in [3.63, 3.8) is 0 Å². The van der Waals surface area contributed by atoms with Crippen molar-refractivity contribution in [3.8, 4) is 5.69 Å². The summed E-state index contributed by atoms with van der Waals surface area (Å²) >= 11 is 2.27. The quantitative estimate of drug-likeness (QED) is 0.284. The van der Waals surface area contributed by atoms with Gasteiger partial charge >= 0.3 is 6.18 Å². The van der Waals surface area contributed by atoms with Crippen LogP contribution in [0.25, 0.3) is 15.9 Å². The minimum Gasteiger partial charge on any atom is -0.325 e. The fraction of sp³-hybridized carbons (Fsp3) is 0.174. The summed E-state index contributed by atoms with van der Waals surface area (Å²) in [7, 11) is 0. The van der Waals surface area contributed by atoms with Gasteiger partial charge in [0.15, 0.2) is 5.16 Å². The molecule has 4 rings (SSSR count).